The summed E-state index contributed by atoms with van der Waals surface area (Å²) in [5, 5.41) is 12.3. The zero-order valence-electron chi connectivity index (χ0n) is 18.1. The normalized spacial score (nSPS) is 12.2. The number of aliphatic imine (C=N–C) groups is 1. The van der Waals surface area contributed by atoms with E-state index >= 15 is 0 Å². The summed E-state index contributed by atoms with van der Waals surface area (Å²) < 4.78 is 21.7. The van der Waals surface area contributed by atoms with E-state index in [9.17, 15) is 0 Å². The molecule has 0 saturated heterocycles. The number of guanidine groups is 1. The maximum atomic E-state index is 8.94. The molecule has 0 atom stereocenters. The average Bonchev–Trinajstić information content (AvgIpc) is 3.23. The lowest BCUT2D eigenvalue weighted by atomic mass is 10.2. The molecule has 0 aromatic heterocycles. The first-order valence-electron chi connectivity index (χ1n) is 9.93. The molecule has 0 saturated carbocycles. The van der Waals surface area contributed by atoms with Gasteiger partial charge in [0.2, 0.25) is 6.79 Å². The molecule has 0 radical (unpaired) electrons. The van der Waals surface area contributed by atoms with Gasteiger partial charge >= 0.3 is 0 Å². The molecule has 0 bridgehead atoms. The van der Waals surface area contributed by atoms with Crippen LogP contribution in [-0.2, 0) is 13.1 Å². The molecule has 170 valence electrons. The molecule has 1 heterocycles. The first kappa shape index (κ1) is 24.9. The number of halogens is 1. The number of aliphatic hydroxyl groups is 1. The van der Waals surface area contributed by atoms with Gasteiger partial charge in [-0.2, -0.15) is 0 Å². The zero-order valence-corrected chi connectivity index (χ0v) is 20.4. The summed E-state index contributed by atoms with van der Waals surface area (Å²) in [5.74, 6) is 3.58. The van der Waals surface area contributed by atoms with Crippen molar-refractivity contribution in [3.05, 3.63) is 47.5 Å². The van der Waals surface area contributed by atoms with Crippen molar-refractivity contribution >= 4 is 29.9 Å². The minimum Gasteiger partial charge on any atom is -0.493 e. The number of aliphatic hydroxyl groups excluding tert-OH is 1. The number of benzene rings is 2. The van der Waals surface area contributed by atoms with Crippen LogP contribution < -0.4 is 24.3 Å². The minimum absolute atomic E-state index is 0. The van der Waals surface area contributed by atoms with E-state index < -0.39 is 0 Å². The van der Waals surface area contributed by atoms with Crippen LogP contribution in [0.25, 0.3) is 0 Å². The molecule has 31 heavy (non-hydrogen) atoms. The summed E-state index contributed by atoms with van der Waals surface area (Å²) in [5.41, 5.74) is 2.11. The smallest absolute Gasteiger partial charge is 0.231 e. The lowest BCUT2D eigenvalue weighted by Gasteiger charge is -2.22. The maximum absolute atomic E-state index is 8.94. The molecule has 0 amide bonds. The summed E-state index contributed by atoms with van der Waals surface area (Å²) in [7, 11) is 3.59. The predicted octanol–water partition coefficient (Wildman–Crippen LogP) is 3.01. The highest BCUT2D eigenvalue weighted by atomic mass is 127. The third-order valence-electron chi connectivity index (χ3n) is 4.54. The van der Waals surface area contributed by atoms with Gasteiger partial charge in [-0.25, -0.2) is 4.99 Å². The molecule has 2 aromatic carbocycles. The Morgan fingerprint density at radius 1 is 1.13 bits per heavy atom. The third-order valence-corrected chi connectivity index (χ3v) is 4.54. The Labute approximate surface area is 200 Å². The predicted molar refractivity (Wildman–Crippen MR) is 130 cm³/mol. The van der Waals surface area contributed by atoms with Crippen LogP contribution in [0.5, 0.6) is 23.0 Å². The quantitative estimate of drug-likeness (QED) is 0.286. The van der Waals surface area contributed by atoms with Crippen molar-refractivity contribution in [1.82, 2.24) is 10.2 Å². The molecule has 0 spiro atoms. The molecular formula is C22H30IN3O5. The van der Waals surface area contributed by atoms with Crippen molar-refractivity contribution in [2.24, 2.45) is 4.99 Å². The molecule has 1 aliphatic heterocycles. The van der Waals surface area contributed by atoms with Crippen LogP contribution in [0.3, 0.4) is 0 Å². The van der Waals surface area contributed by atoms with Crippen molar-refractivity contribution in [2.45, 2.75) is 20.0 Å². The highest BCUT2D eigenvalue weighted by molar-refractivity contribution is 14.0. The fourth-order valence-corrected chi connectivity index (χ4v) is 3.11. The second-order valence-corrected chi connectivity index (χ2v) is 6.77. The summed E-state index contributed by atoms with van der Waals surface area (Å²) in [6.07, 6.45) is 0. The molecule has 2 aromatic rings. The molecule has 3 rings (SSSR count). The second-order valence-electron chi connectivity index (χ2n) is 6.77. The monoisotopic (exact) mass is 543 g/mol. The Kier molecular flexibility index (Phi) is 9.99. The largest absolute Gasteiger partial charge is 0.493 e. The van der Waals surface area contributed by atoms with Gasteiger partial charge in [0.15, 0.2) is 29.0 Å². The van der Waals surface area contributed by atoms with E-state index in [1.807, 2.05) is 50.4 Å². The minimum atomic E-state index is -0.0447. The molecular weight excluding hydrogens is 513 g/mol. The van der Waals surface area contributed by atoms with Gasteiger partial charge in [0.05, 0.1) is 20.3 Å². The number of nitrogens with zero attached hydrogens (tertiary/aromatic N) is 2. The second kappa shape index (κ2) is 12.5. The van der Waals surface area contributed by atoms with Crippen molar-refractivity contribution < 1.29 is 24.1 Å². The number of rotatable bonds is 9. The van der Waals surface area contributed by atoms with Gasteiger partial charge in [0.25, 0.3) is 0 Å². The third kappa shape index (κ3) is 6.79. The summed E-state index contributed by atoms with van der Waals surface area (Å²) in [6.45, 7) is 4.43. The van der Waals surface area contributed by atoms with Gasteiger partial charge in [-0.15, -0.1) is 24.0 Å². The van der Waals surface area contributed by atoms with Crippen LogP contribution in [0.2, 0.25) is 0 Å². The van der Waals surface area contributed by atoms with Gasteiger partial charge in [-0.1, -0.05) is 12.1 Å². The van der Waals surface area contributed by atoms with Gasteiger partial charge in [-0.05, 0) is 42.3 Å². The van der Waals surface area contributed by atoms with Crippen LogP contribution in [-0.4, -0.2) is 56.7 Å². The Bertz CT molecular complexity index is 878. The lowest BCUT2D eigenvalue weighted by molar-refractivity contribution is 0.174. The molecule has 1 aliphatic rings. The van der Waals surface area contributed by atoms with Crippen LogP contribution >= 0.6 is 24.0 Å². The van der Waals surface area contributed by atoms with Gasteiger partial charge < -0.3 is 34.3 Å². The topological polar surface area (TPSA) is 84.8 Å². The van der Waals surface area contributed by atoms with E-state index in [0.29, 0.717) is 24.6 Å². The summed E-state index contributed by atoms with van der Waals surface area (Å²) >= 11 is 0. The molecule has 0 aliphatic carbocycles. The molecule has 0 fully saturated rings. The fraction of sp³-hybridized carbons (Fsp3) is 0.409. The molecule has 8 nitrogen and oxygen atoms in total. The highest BCUT2D eigenvalue weighted by Gasteiger charge is 2.15. The molecule has 0 unspecified atom stereocenters. The van der Waals surface area contributed by atoms with E-state index in [1.54, 1.807) is 7.11 Å². The Morgan fingerprint density at radius 3 is 2.65 bits per heavy atom. The standard InChI is InChI=1S/C22H29N3O5.HI/c1-4-23-22(25(2)14-17-6-8-19-21(12-17)30-15-29-19)24-13-16-5-7-18(28-10-9-26)20(11-16)27-3;/h5-8,11-12,26H,4,9-10,13-15H2,1-3H3,(H,23,24);1H. The van der Waals surface area contributed by atoms with Gasteiger partial charge in [-0.3, -0.25) is 0 Å². The van der Waals surface area contributed by atoms with Crippen LogP contribution in [0, 0.1) is 0 Å². The van der Waals surface area contributed by atoms with Crippen molar-refractivity contribution in [2.75, 3.05) is 40.7 Å². The number of methoxy groups -OCH3 is 1. The lowest BCUT2D eigenvalue weighted by Crippen LogP contribution is -2.38. The number of ether oxygens (including phenoxy) is 4. The average molecular weight is 543 g/mol. The highest BCUT2D eigenvalue weighted by Crippen LogP contribution is 2.32. The SMILES string of the molecule is CCNC(=NCc1ccc(OCCO)c(OC)c1)N(C)Cc1ccc2c(c1)OCO2.I. The molecule has 2 N–H and O–H groups in total. The van der Waals surface area contributed by atoms with Crippen LogP contribution in [0.4, 0.5) is 0 Å². The number of hydrogen-bond donors (Lipinski definition) is 2. The van der Waals surface area contributed by atoms with E-state index in [2.05, 4.69) is 10.2 Å². The van der Waals surface area contributed by atoms with Gasteiger partial charge in [0, 0.05) is 20.1 Å². The van der Waals surface area contributed by atoms with E-state index in [-0.39, 0.29) is 44.0 Å². The van der Waals surface area contributed by atoms with E-state index in [1.165, 1.54) is 0 Å². The maximum Gasteiger partial charge on any atom is 0.231 e. The molecule has 9 heteroatoms. The number of nitrogens with one attached hydrogen (secondary N) is 1. The first-order valence-corrected chi connectivity index (χ1v) is 9.93. The number of fused-ring (bicyclic) bond motifs is 1. The summed E-state index contributed by atoms with van der Waals surface area (Å²) in [4.78, 5) is 6.83. The Morgan fingerprint density at radius 2 is 1.90 bits per heavy atom. The van der Waals surface area contributed by atoms with Crippen molar-refractivity contribution in [1.29, 1.82) is 0 Å². The first-order chi connectivity index (χ1) is 14.6. The Balaban J connectivity index is 0.00000341. The van der Waals surface area contributed by atoms with Crippen molar-refractivity contribution in [3.8, 4) is 23.0 Å². The van der Waals surface area contributed by atoms with E-state index in [4.69, 9.17) is 29.0 Å². The fourth-order valence-electron chi connectivity index (χ4n) is 3.11. The zero-order chi connectivity index (χ0) is 21.3. The van der Waals surface area contributed by atoms with Gasteiger partial charge in [0.1, 0.15) is 6.61 Å². The van der Waals surface area contributed by atoms with Crippen LogP contribution in [0.1, 0.15) is 18.1 Å². The summed E-state index contributed by atoms with van der Waals surface area (Å²) in [6, 6.07) is 11.6. The Hall–Kier alpha value is -2.40. The number of hydrogen-bond acceptors (Lipinski definition) is 6. The van der Waals surface area contributed by atoms with E-state index in [0.717, 1.165) is 35.1 Å². The van der Waals surface area contributed by atoms with Crippen LogP contribution in [0.15, 0.2) is 41.4 Å². The van der Waals surface area contributed by atoms with Crippen molar-refractivity contribution in [3.63, 3.8) is 0 Å².